The third kappa shape index (κ3) is 6.31. The van der Waals surface area contributed by atoms with E-state index in [-0.39, 0.29) is 30.7 Å². The first kappa shape index (κ1) is 21.3. The highest BCUT2D eigenvalue weighted by Gasteiger charge is 2.31. The number of hydrogen-bond acceptors (Lipinski definition) is 6. The van der Waals surface area contributed by atoms with E-state index in [0.717, 1.165) is 5.56 Å². The molecule has 0 saturated carbocycles. The van der Waals surface area contributed by atoms with Gasteiger partial charge in [-0.2, -0.15) is 4.98 Å². The Morgan fingerprint density at radius 2 is 1.73 bits per heavy atom. The number of aliphatic hydroxyl groups excluding tert-OH is 1. The van der Waals surface area contributed by atoms with E-state index in [1.54, 1.807) is 24.3 Å². The van der Waals surface area contributed by atoms with E-state index in [0.29, 0.717) is 23.6 Å². The van der Waals surface area contributed by atoms with Crippen LogP contribution in [0.15, 0.2) is 54.6 Å². The molecular weight excluding hydrogens is 404 g/mol. The quantitative estimate of drug-likeness (QED) is 0.473. The Hall–Kier alpha value is -3.40. The number of ether oxygens (including phenoxy) is 1. The molecule has 0 aliphatic carbocycles. The number of aromatic nitrogens is 2. The molecule has 6 nitrogen and oxygen atoms in total. The third-order valence-corrected chi connectivity index (χ3v) is 3.87. The molecule has 0 aliphatic rings. The molecule has 3 rings (SSSR count). The lowest BCUT2D eigenvalue weighted by Crippen LogP contribution is -2.17. The Bertz CT molecular complexity index is 981. The van der Waals surface area contributed by atoms with Gasteiger partial charge in [0.25, 0.3) is 0 Å². The molecule has 1 aromatic heterocycles. The first-order valence-corrected chi connectivity index (χ1v) is 8.91. The van der Waals surface area contributed by atoms with Crippen molar-refractivity contribution in [2.45, 2.75) is 12.9 Å². The van der Waals surface area contributed by atoms with Crippen LogP contribution in [-0.2, 0) is 6.54 Å². The van der Waals surface area contributed by atoms with Crippen molar-refractivity contribution in [3.05, 3.63) is 66.0 Å². The van der Waals surface area contributed by atoms with Gasteiger partial charge < -0.3 is 20.5 Å². The first-order chi connectivity index (χ1) is 14.3. The number of halogens is 4. The van der Waals surface area contributed by atoms with Crippen LogP contribution in [0, 0.1) is 5.82 Å². The second kappa shape index (κ2) is 9.40. The summed E-state index contributed by atoms with van der Waals surface area (Å²) in [5.41, 5.74) is 1.54. The lowest BCUT2D eigenvalue weighted by Gasteiger charge is -2.13. The molecular formula is C20H18F4N4O2. The number of benzene rings is 2. The molecule has 0 radical (unpaired) electrons. The van der Waals surface area contributed by atoms with Crippen molar-refractivity contribution in [2.24, 2.45) is 0 Å². The Morgan fingerprint density at radius 1 is 0.967 bits per heavy atom. The van der Waals surface area contributed by atoms with Gasteiger partial charge in [0.15, 0.2) is 0 Å². The number of hydrogen-bond donors (Lipinski definition) is 3. The van der Waals surface area contributed by atoms with Crippen molar-refractivity contribution < 1.29 is 27.4 Å². The fourth-order valence-corrected chi connectivity index (χ4v) is 2.58. The fraction of sp³-hybridized carbons (Fsp3) is 0.200. The van der Waals surface area contributed by atoms with E-state index in [2.05, 4.69) is 25.3 Å². The molecule has 0 bridgehead atoms. The average molecular weight is 422 g/mol. The molecule has 0 aliphatic heterocycles. The molecule has 0 amide bonds. The van der Waals surface area contributed by atoms with Crippen LogP contribution >= 0.6 is 0 Å². The Labute approximate surface area is 169 Å². The van der Waals surface area contributed by atoms with Crippen LogP contribution in [0.25, 0.3) is 11.3 Å². The van der Waals surface area contributed by atoms with Crippen molar-refractivity contribution in [1.82, 2.24) is 9.97 Å². The van der Waals surface area contributed by atoms with E-state index in [4.69, 9.17) is 5.11 Å². The van der Waals surface area contributed by atoms with E-state index >= 15 is 0 Å². The molecule has 0 spiro atoms. The van der Waals surface area contributed by atoms with Gasteiger partial charge in [0, 0.05) is 24.7 Å². The summed E-state index contributed by atoms with van der Waals surface area (Å²) in [6.45, 7) is 0.381. The summed E-state index contributed by atoms with van der Waals surface area (Å²) < 4.78 is 54.6. The van der Waals surface area contributed by atoms with Crippen LogP contribution in [0.1, 0.15) is 5.56 Å². The topological polar surface area (TPSA) is 79.3 Å². The SMILES string of the molecule is OCCNc1nc(NCc2ccc(F)cc2)cc(-c2cccc(OC(F)(F)F)c2)n1. The predicted octanol–water partition coefficient (Wildman–Crippen LogP) is 4.20. The molecule has 0 saturated heterocycles. The average Bonchev–Trinajstić information content (AvgIpc) is 2.71. The maximum Gasteiger partial charge on any atom is 0.573 e. The molecule has 2 aromatic carbocycles. The second-order valence-electron chi connectivity index (χ2n) is 6.17. The largest absolute Gasteiger partial charge is 0.573 e. The lowest BCUT2D eigenvalue weighted by atomic mass is 10.1. The first-order valence-electron chi connectivity index (χ1n) is 8.91. The van der Waals surface area contributed by atoms with E-state index in [1.807, 2.05) is 0 Å². The Kier molecular flexibility index (Phi) is 6.68. The summed E-state index contributed by atoms with van der Waals surface area (Å²) in [6.07, 6.45) is -4.81. The van der Waals surface area contributed by atoms with Gasteiger partial charge in [-0.25, -0.2) is 9.37 Å². The summed E-state index contributed by atoms with van der Waals surface area (Å²) in [7, 11) is 0. The summed E-state index contributed by atoms with van der Waals surface area (Å²) in [6, 6.07) is 12.9. The number of nitrogens with zero attached hydrogens (tertiary/aromatic N) is 2. The van der Waals surface area contributed by atoms with Crippen LogP contribution in [0.2, 0.25) is 0 Å². The van der Waals surface area contributed by atoms with Crippen molar-refractivity contribution in [3.8, 4) is 17.0 Å². The van der Waals surface area contributed by atoms with Crippen molar-refractivity contribution in [2.75, 3.05) is 23.8 Å². The van der Waals surface area contributed by atoms with Crippen LogP contribution in [0.5, 0.6) is 5.75 Å². The van der Waals surface area contributed by atoms with E-state index in [1.165, 1.54) is 30.3 Å². The van der Waals surface area contributed by atoms with Crippen LogP contribution < -0.4 is 15.4 Å². The van der Waals surface area contributed by atoms with Crippen LogP contribution in [0.3, 0.4) is 0 Å². The molecule has 0 atom stereocenters. The number of aliphatic hydroxyl groups is 1. The zero-order chi connectivity index (χ0) is 21.6. The maximum absolute atomic E-state index is 13.0. The fourth-order valence-electron chi connectivity index (χ4n) is 2.58. The van der Waals surface area contributed by atoms with Gasteiger partial charge in [0.1, 0.15) is 17.4 Å². The highest BCUT2D eigenvalue weighted by molar-refractivity contribution is 5.66. The van der Waals surface area contributed by atoms with Crippen LogP contribution in [0.4, 0.5) is 29.3 Å². The smallest absolute Gasteiger partial charge is 0.406 e. The monoisotopic (exact) mass is 422 g/mol. The number of rotatable bonds is 8. The molecule has 3 aromatic rings. The molecule has 158 valence electrons. The third-order valence-electron chi connectivity index (χ3n) is 3.87. The highest BCUT2D eigenvalue weighted by atomic mass is 19.4. The van der Waals surface area contributed by atoms with E-state index in [9.17, 15) is 17.6 Å². The minimum absolute atomic E-state index is 0.152. The molecule has 10 heteroatoms. The van der Waals surface area contributed by atoms with Gasteiger partial charge in [0.05, 0.1) is 12.3 Å². The van der Waals surface area contributed by atoms with Gasteiger partial charge >= 0.3 is 6.36 Å². The molecule has 0 fully saturated rings. The summed E-state index contributed by atoms with van der Waals surface area (Å²) in [5.74, 6) is -0.138. The number of alkyl halides is 3. The highest BCUT2D eigenvalue weighted by Crippen LogP contribution is 2.28. The standard InChI is InChI=1S/C20H18F4N4O2/c21-15-6-4-13(5-7-15)12-26-18-11-17(27-19(28-18)25-8-9-29)14-2-1-3-16(10-14)30-20(22,23)24/h1-7,10-11,29H,8-9,12H2,(H2,25,26,27,28). The molecule has 1 heterocycles. The zero-order valence-electron chi connectivity index (χ0n) is 15.6. The van der Waals surface area contributed by atoms with Gasteiger partial charge in [-0.05, 0) is 29.8 Å². The second-order valence-corrected chi connectivity index (χ2v) is 6.17. The van der Waals surface area contributed by atoms with Gasteiger partial charge in [-0.3, -0.25) is 0 Å². The van der Waals surface area contributed by atoms with Gasteiger partial charge in [-0.1, -0.05) is 24.3 Å². The zero-order valence-corrected chi connectivity index (χ0v) is 15.6. The Morgan fingerprint density at radius 3 is 2.43 bits per heavy atom. The van der Waals surface area contributed by atoms with E-state index < -0.39 is 6.36 Å². The minimum Gasteiger partial charge on any atom is -0.406 e. The lowest BCUT2D eigenvalue weighted by molar-refractivity contribution is -0.274. The van der Waals surface area contributed by atoms with Gasteiger partial charge in [-0.15, -0.1) is 13.2 Å². The van der Waals surface area contributed by atoms with Crippen molar-refractivity contribution in [1.29, 1.82) is 0 Å². The normalized spacial score (nSPS) is 11.2. The molecule has 0 unspecified atom stereocenters. The molecule has 3 N–H and O–H groups in total. The van der Waals surface area contributed by atoms with Crippen LogP contribution in [-0.4, -0.2) is 34.6 Å². The minimum atomic E-state index is -4.81. The summed E-state index contributed by atoms with van der Waals surface area (Å²) in [4.78, 5) is 8.57. The Balaban J connectivity index is 1.86. The summed E-state index contributed by atoms with van der Waals surface area (Å²) in [5, 5.41) is 14.9. The number of anilines is 2. The van der Waals surface area contributed by atoms with Crippen molar-refractivity contribution in [3.63, 3.8) is 0 Å². The number of nitrogens with one attached hydrogen (secondary N) is 2. The van der Waals surface area contributed by atoms with Gasteiger partial charge in [0.2, 0.25) is 5.95 Å². The van der Waals surface area contributed by atoms with Crippen molar-refractivity contribution >= 4 is 11.8 Å². The molecule has 30 heavy (non-hydrogen) atoms. The predicted molar refractivity (Wildman–Crippen MR) is 103 cm³/mol. The summed E-state index contributed by atoms with van der Waals surface area (Å²) >= 11 is 0. The maximum atomic E-state index is 13.0.